The molecule has 1 saturated heterocycles. The molecule has 9 nitrogen and oxygen atoms in total. The Hall–Kier alpha value is -4.26. The Morgan fingerprint density at radius 1 is 1.11 bits per heavy atom. The number of amides is 1. The van der Waals surface area contributed by atoms with Gasteiger partial charge in [-0.3, -0.25) is 14.7 Å². The summed E-state index contributed by atoms with van der Waals surface area (Å²) in [6.45, 7) is 4.67. The Balaban J connectivity index is 1.16. The van der Waals surface area contributed by atoms with Gasteiger partial charge in [-0.15, -0.1) is 0 Å². The van der Waals surface area contributed by atoms with Crippen LogP contribution in [0.15, 0.2) is 65.6 Å². The lowest BCUT2D eigenvalue weighted by Gasteiger charge is -2.38. The molecule has 0 aliphatic carbocycles. The van der Waals surface area contributed by atoms with Crippen molar-refractivity contribution in [2.75, 3.05) is 13.1 Å². The molecule has 5 rings (SSSR count). The quantitative estimate of drug-likeness (QED) is 0.360. The third-order valence-electron chi connectivity index (χ3n) is 6.27. The normalized spacial score (nSPS) is 14.5. The Labute approximate surface area is 214 Å². The van der Waals surface area contributed by atoms with E-state index in [0.29, 0.717) is 30.5 Å². The maximum Gasteiger partial charge on any atom is 0.217 e. The number of pyridine rings is 1. The summed E-state index contributed by atoms with van der Waals surface area (Å²) in [5, 5.41) is 14.0. The minimum Gasteiger partial charge on any atom is -0.385 e. The van der Waals surface area contributed by atoms with Crippen molar-refractivity contribution >= 4 is 5.91 Å². The van der Waals surface area contributed by atoms with Crippen LogP contribution in [0.3, 0.4) is 0 Å². The average molecular weight is 497 g/mol. The molecule has 1 amide bonds. The van der Waals surface area contributed by atoms with Gasteiger partial charge in [0.25, 0.3) is 0 Å². The van der Waals surface area contributed by atoms with Crippen LogP contribution >= 0.6 is 0 Å². The smallest absolute Gasteiger partial charge is 0.217 e. The van der Waals surface area contributed by atoms with E-state index in [4.69, 9.17) is 10.3 Å². The second-order valence-electron chi connectivity index (χ2n) is 9.37. The first kappa shape index (κ1) is 24.4. The number of aromatic nitrogens is 4. The molecule has 1 aliphatic rings. The number of hydrogen-bond acceptors (Lipinski definition) is 7. The number of rotatable bonds is 8. The summed E-state index contributed by atoms with van der Waals surface area (Å²) in [4.78, 5) is 21.9. The largest absolute Gasteiger partial charge is 0.385 e. The summed E-state index contributed by atoms with van der Waals surface area (Å²) >= 11 is 0. The number of likely N-dealkylation sites (tertiary alicyclic amines) is 1. The van der Waals surface area contributed by atoms with Gasteiger partial charge in [-0.05, 0) is 49.2 Å². The number of hydrogen-bond donors (Lipinski definition) is 2. The van der Waals surface area contributed by atoms with Gasteiger partial charge in [-0.25, -0.2) is 4.98 Å². The summed E-state index contributed by atoms with van der Waals surface area (Å²) in [6.07, 6.45) is 5.05. The molecule has 37 heavy (non-hydrogen) atoms. The molecule has 0 saturated carbocycles. The number of aliphatic hydroxyl groups excluding tert-OH is 1. The lowest BCUT2D eigenvalue weighted by Crippen LogP contribution is -2.47. The molecule has 1 aromatic carbocycles. The van der Waals surface area contributed by atoms with Crippen molar-refractivity contribution < 1.29 is 14.4 Å². The fraction of sp³-hybridized carbons (Fsp3) is 0.286. The van der Waals surface area contributed by atoms with E-state index >= 15 is 0 Å². The molecule has 1 atom stereocenters. The minimum absolute atomic E-state index is 0.235. The third kappa shape index (κ3) is 6.12. The molecule has 4 aromatic rings. The maximum atomic E-state index is 11.0. The molecular formula is C28H28N6O3. The van der Waals surface area contributed by atoms with Crippen LogP contribution in [0.4, 0.5) is 0 Å². The van der Waals surface area contributed by atoms with Gasteiger partial charge in [-0.1, -0.05) is 17.0 Å². The van der Waals surface area contributed by atoms with E-state index in [-0.39, 0.29) is 5.91 Å². The van der Waals surface area contributed by atoms with Crippen LogP contribution in [0.1, 0.15) is 47.8 Å². The molecule has 3 aromatic heterocycles. The molecule has 0 unspecified atom stereocenters. The van der Waals surface area contributed by atoms with E-state index < -0.39 is 6.10 Å². The molecule has 0 spiro atoms. The van der Waals surface area contributed by atoms with E-state index in [0.717, 1.165) is 47.7 Å². The number of primary amides is 1. The first-order valence-corrected chi connectivity index (χ1v) is 12.2. The summed E-state index contributed by atoms with van der Waals surface area (Å²) in [6, 6.07) is 13.6. The predicted octanol–water partition coefficient (Wildman–Crippen LogP) is 2.74. The van der Waals surface area contributed by atoms with Crippen molar-refractivity contribution in [3.05, 3.63) is 89.4 Å². The fourth-order valence-corrected chi connectivity index (χ4v) is 4.42. The van der Waals surface area contributed by atoms with Gasteiger partial charge in [0, 0.05) is 67.4 Å². The highest BCUT2D eigenvalue weighted by Gasteiger charge is 2.27. The van der Waals surface area contributed by atoms with Crippen LogP contribution in [0.2, 0.25) is 0 Å². The molecular weight excluding hydrogens is 468 g/mol. The van der Waals surface area contributed by atoms with Crippen LogP contribution in [0, 0.1) is 17.8 Å². The number of aliphatic hydroxyl groups is 1. The van der Waals surface area contributed by atoms with Gasteiger partial charge in [0.2, 0.25) is 5.91 Å². The summed E-state index contributed by atoms with van der Waals surface area (Å²) in [5.74, 6) is 7.71. The second-order valence-corrected chi connectivity index (χ2v) is 9.37. The third-order valence-corrected chi connectivity index (χ3v) is 6.27. The van der Waals surface area contributed by atoms with E-state index in [9.17, 15) is 9.90 Å². The van der Waals surface area contributed by atoms with Crippen LogP contribution < -0.4 is 5.73 Å². The highest BCUT2D eigenvalue weighted by atomic mass is 16.5. The lowest BCUT2D eigenvalue weighted by atomic mass is 9.96. The van der Waals surface area contributed by atoms with Gasteiger partial charge in [0.15, 0.2) is 5.76 Å². The van der Waals surface area contributed by atoms with Gasteiger partial charge < -0.3 is 19.9 Å². The number of benzene rings is 1. The van der Waals surface area contributed by atoms with E-state index in [2.05, 4.69) is 31.9 Å². The van der Waals surface area contributed by atoms with Crippen molar-refractivity contribution in [3.63, 3.8) is 0 Å². The van der Waals surface area contributed by atoms with E-state index in [1.54, 1.807) is 19.3 Å². The molecule has 3 N–H and O–H groups in total. The molecule has 1 fully saturated rings. The molecule has 0 bridgehead atoms. The average Bonchev–Trinajstić information content (AvgIpc) is 3.52. The van der Waals surface area contributed by atoms with Crippen molar-refractivity contribution in [1.82, 2.24) is 24.6 Å². The Kier molecular flexibility index (Phi) is 7.12. The standard InChI is InChI=1S/C28H28N6O3/c1-19(35)28-30-10-11-34(28)18-25-13-26(37-32-25)23-7-4-20(5-8-23)2-3-21-6-9-24(31-14-21)17-33-15-22(16-33)12-27(29)36/h4-11,13-14,19,22,35H,12,15-18H2,1H3,(H2,29,36)/t19-/m0/s1. The Morgan fingerprint density at radius 2 is 1.86 bits per heavy atom. The number of imidazole rings is 1. The highest BCUT2D eigenvalue weighted by Crippen LogP contribution is 2.22. The number of carbonyl (C=O) groups excluding carboxylic acids is 1. The topological polar surface area (TPSA) is 123 Å². The van der Waals surface area contributed by atoms with Gasteiger partial charge in [0.05, 0.1) is 12.2 Å². The summed E-state index contributed by atoms with van der Waals surface area (Å²) < 4.78 is 7.37. The van der Waals surface area contributed by atoms with Gasteiger partial charge in [-0.2, -0.15) is 0 Å². The number of carbonyl (C=O) groups is 1. The van der Waals surface area contributed by atoms with Crippen LogP contribution in [0.5, 0.6) is 0 Å². The zero-order chi connectivity index (χ0) is 25.8. The fourth-order valence-electron chi connectivity index (χ4n) is 4.42. The van der Waals surface area contributed by atoms with Crippen LogP contribution in [-0.2, 0) is 17.9 Å². The zero-order valence-electron chi connectivity index (χ0n) is 20.5. The molecule has 0 radical (unpaired) electrons. The SMILES string of the molecule is C[C@H](O)c1nccn1Cc1cc(-c2ccc(C#Cc3ccc(CN4CC(CC(N)=O)C4)nc3)cc2)on1. The lowest BCUT2D eigenvalue weighted by molar-refractivity contribution is -0.120. The number of nitrogens with two attached hydrogens (primary N) is 1. The maximum absolute atomic E-state index is 11.0. The van der Waals surface area contributed by atoms with Gasteiger partial charge >= 0.3 is 0 Å². The van der Waals surface area contributed by atoms with E-state index in [1.807, 2.05) is 53.2 Å². The zero-order valence-corrected chi connectivity index (χ0v) is 20.5. The summed E-state index contributed by atoms with van der Waals surface area (Å²) in [7, 11) is 0. The Morgan fingerprint density at radius 3 is 2.57 bits per heavy atom. The summed E-state index contributed by atoms with van der Waals surface area (Å²) in [5.41, 5.74) is 9.61. The molecule has 188 valence electrons. The van der Waals surface area contributed by atoms with Crippen molar-refractivity contribution in [1.29, 1.82) is 0 Å². The first-order chi connectivity index (χ1) is 17.9. The molecule has 1 aliphatic heterocycles. The Bertz CT molecular complexity index is 1420. The molecule has 9 heteroatoms. The van der Waals surface area contributed by atoms with Crippen LogP contribution in [-0.4, -0.2) is 48.7 Å². The van der Waals surface area contributed by atoms with Crippen molar-refractivity contribution in [2.45, 2.75) is 32.5 Å². The van der Waals surface area contributed by atoms with Crippen LogP contribution in [0.25, 0.3) is 11.3 Å². The van der Waals surface area contributed by atoms with E-state index in [1.165, 1.54) is 0 Å². The number of nitrogens with zero attached hydrogens (tertiary/aromatic N) is 5. The van der Waals surface area contributed by atoms with Crippen molar-refractivity contribution in [3.8, 4) is 23.2 Å². The first-order valence-electron chi connectivity index (χ1n) is 12.2. The minimum atomic E-state index is -0.655. The monoisotopic (exact) mass is 496 g/mol. The van der Waals surface area contributed by atoms with Gasteiger partial charge in [0.1, 0.15) is 17.6 Å². The second kappa shape index (κ2) is 10.8. The predicted molar refractivity (Wildman–Crippen MR) is 137 cm³/mol. The highest BCUT2D eigenvalue weighted by molar-refractivity contribution is 5.74. The molecule has 4 heterocycles. The van der Waals surface area contributed by atoms with Crippen molar-refractivity contribution in [2.24, 2.45) is 11.7 Å².